The van der Waals surface area contributed by atoms with Gasteiger partial charge < -0.3 is 0 Å². The van der Waals surface area contributed by atoms with Gasteiger partial charge in [0.25, 0.3) is 9.84 Å². The molecule has 0 N–H and O–H groups in total. The van der Waals surface area contributed by atoms with Crippen LogP contribution in [0.1, 0.15) is 0 Å². The lowest BCUT2D eigenvalue weighted by molar-refractivity contribution is -0.0435. The molecule has 0 aliphatic carbocycles. The molecule has 0 spiro atoms. The third-order valence-corrected chi connectivity index (χ3v) is 3.05. The lowest BCUT2D eigenvalue weighted by atomic mass is 10.3. The first-order valence-corrected chi connectivity index (χ1v) is 5.06. The maximum absolute atomic E-state index is 12.1. The molecule has 0 aromatic heterocycles. The standard InChI is InChI=1S/C8H4F3NO2S/c1-12-6-3-2-4-7(5-6)15(13,14)8(9,10)11/h2-5H. The molecule has 15 heavy (non-hydrogen) atoms. The fraction of sp³-hybridized carbons (Fsp3) is 0.125. The van der Waals surface area contributed by atoms with E-state index in [4.69, 9.17) is 6.57 Å². The Morgan fingerprint density at radius 2 is 1.87 bits per heavy atom. The van der Waals surface area contributed by atoms with Crippen LogP contribution < -0.4 is 0 Å². The topological polar surface area (TPSA) is 38.5 Å². The van der Waals surface area contributed by atoms with E-state index in [0.29, 0.717) is 6.07 Å². The van der Waals surface area contributed by atoms with Gasteiger partial charge in [-0.1, -0.05) is 12.1 Å². The van der Waals surface area contributed by atoms with Crippen LogP contribution in [0.3, 0.4) is 0 Å². The van der Waals surface area contributed by atoms with Gasteiger partial charge in [-0.25, -0.2) is 13.3 Å². The Morgan fingerprint density at radius 1 is 1.27 bits per heavy atom. The summed E-state index contributed by atoms with van der Waals surface area (Å²) in [6, 6.07) is 3.81. The molecule has 0 unspecified atom stereocenters. The van der Waals surface area contributed by atoms with Gasteiger partial charge in [0.2, 0.25) is 0 Å². The smallest absolute Gasteiger partial charge is 0.238 e. The predicted molar refractivity (Wildman–Crippen MR) is 45.9 cm³/mol. The summed E-state index contributed by atoms with van der Waals surface area (Å²) in [6.07, 6.45) is 0. The van der Waals surface area contributed by atoms with E-state index >= 15 is 0 Å². The molecule has 0 aliphatic heterocycles. The summed E-state index contributed by atoms with van der Waals surface area (Å²) < 4.78 is 58.1. The fourth-order valence-corrected chi connectivity index (χ4v) is 1.65. The Labute approximate surface area is 83.9 Å². The molecule has 80 valence electrons. The van der Waals surface area contributed by atoms with E-state index in [2.05, 4.69) is 4.85 Å². The van der Waals surface area contributed by atoms with Gasteiger partial charge in [0.1, 0.15) is 0 Å². The van der Waals surface area contributed by atoms with Crippen molar-refractivity contribution in [2.45, 2.75) is 10.4 Å². The summed E-state index contributed by atoms with van der Waals surface area (Å²) in [6.45, 7) is 6.55. The van der Waals surface area contributed by atoms with Crippen molar-refractivity contribution in [3.8, 4) is 0 Å². The van der Waals surface area contributed by atoms with Gasteiger partial charge in [0.15, 0.2) is 5.69 Å². The molecular formula is C8H4F3NO2S. The van der Waals surface area contributed by atoms with Crippen LogP contribution >= 0.6 is 0 Å². The molecule has 0 amide bonds. The number of sulfone groups is 1. The van der Waals surface area contributed by atoms with Crippen molar-refractivity contribution in [3.63, 3.8) is 0 Å². The van der Waals surface area contributed by atoms with Gasteiger partial charge >= 0.3 is 5.51 Å². The zero-order chi connectivity index (χ0) is 11.7. The molecule has 3 nitrogen and oxygen atoms in total. The number of hydrogen-bond donors (Lipinski definition) is 0. The van der Waals surface area contributed by atoms with Gasteiger partial charge in [-0.2, -0.15) is 13.2 Å². The van der Waals surface area contributed by atoms with Crippen LogP contribution in [-0.4, -0.2) is 13.9 Å². The van der Waals surface area contributed by atoms with E-state index in [9.17, 15) is 21.6 Å². The zero-order valence-electron chi connectivity index (χ0n) is 7.12. The first-order valence-electron chi connectivity index (χ1n) is 3.58. The minimum absolute atomic E-state index is 0.152. The molecule has 1 aromatic rings. The normalized spacial score (nSPS) is 12.1. The van der Waals surface area contributed by atoms with Crippen molar-refractivity contribution < 1.29 is 21.6 Å². The van der Waals surface area contributed by atoms with Gasteiger partial charge in [-0.3, -0.25) is 0 Å². The number of rotatable bonds is 1. The maximum atomic E-state index is 12.1. The molecule has 0 heterocycles. The SMILES string of the molecule is [C-]#[N+]c1cccc(S(=O)(=O)C(F)(F)F)c1. The first kappa shape index (κ1) is 11.5. The minimum Gasteiger partial charge on any atom is -0.238 e. The molecule has 0 saturated heterocycles. The Balaban J connectivity index is 3.37. The molecule has 0 atom stereocenters. The summed E-state index contributed by atoms with van der Waals surface area (Å²) in [7, 11) is -5.35. The molecule has 0 bridgehead atoms. The van der Waals surface area contributed by atoms with Crippen LogP contribution in [0.5, 0.6) is 0 Å². The van der Waals surface area contributed by atoms with Crippen molar-refractivity contribution in [1.82, 2.24) is 0 Å². The predicted octanol–water partition coefficient (Wildman–Crippen LogP) is 2.53. The summed E-state index contributed by atoms with van der Waals surface area (Å²) in [5.74, 6) is 0. The average molecular weight is 235 g/mol. The number of alkyl halides is 3. The average Bonchev–Trinajstić information content (AvgIpc) is 2.16. The van der Waals surface area contributed by atoms with Crippen LogP contribution in [0.4, 0.5) is 18.9 Å². The fourth-order valence-electron chi connectivity index (χ4n) is 0.854. The zero-order valence-corrected chi connectivity index (χ0v) is 7.93. The summed E-state index contributed by atoms with van der Waals surface area (Å²) in [4.78, 5) is 1.93. The molecule has 0 radical (unpaired) electrons. The Morgan fingerprint density at radius 3 is 2.33 bits per heavy atom. The van der Waals surface area contributed by atoms with Crippen molar-refractivity contribution in [3.05, 3.63) is 35.7 Å². The summed E-state index contributed by atoms with van der Waals surface area (Å²) >= 11 is 0. The van der Waals surface area contributed by atoms with Crippen molar-refractivity contribution in [1.29, 1.82) is 0 Å². The number of nitrogens with zero attached hydrogens (tertiary/aromatic N) is 1. The van der Waals surface area contributed by atoms with E-state index in [1.165, 1.54) is 6.07 Å². The highest BCUT2D eigenvalue weighted by Crippen LogP contribution is 2.31. The molecule has 0 aliphatic rings. The van der Waals surface area contributed by atoms with Crippen LogP contribution in [0.2, 0.25) is 0 Å². The Hall–Kier alpha value is -1.55. The highest BCUT2D eigenvalue weighted by atomic mass is 32.2. The van der Waals surface area contributed by atoms with Crippen molar-refractivity contribution in [2.24, 2.45) is 0 Å². The molecule has 0 fully saturated rings. The van der Waals surface area contributed by atoms with Crippen molar-refractivity contribution >= 4 is 15.5 Å². The molecule has 7 heteroatoms. The number of hydrogen-bond acceptors (Lipinski definition) is 2. The van der Waals surface area contributed by atoms with Gasteiger partial charge in [-0.05, 0) is 12.1 Å². The quantitative estimate of drug-likeness (QED) is 0.701. The molecule has 1 rings (SSSR count). The van der Waals surface area contributed by atoms with Crippen LogP contribution in [0, 0.1) is 6.57 Å². The Bertz CT molecular complexity index is 513. The molecule has 0 saturated carbocycles. The second kappa shape index (κ2) is 3.55. The number of halogens is 3. The second-order valence-corrected chi connectivity index (χ2v) is 4.50. The van der Waals surface area contributed by atoms with E-state index in [0.717, 1.165) is 12.1 Å². The third-order valence-electron chi connectivity index (χ3n) is 1.56. The molecule has 1 aromatic carbocycles. The largest absolute Gasteiger partial charge is 0.501 e. The summed E-state index contributed by atoms with van der Waals surface area (Å²) in [5.41, 5.74) is -5.49. The van der Waals surface area contributed by atoms with Gasteiger partial charge in [0.05, 0.1) is 11.5 Å². The molecular weight excluding hydrogens is 231 g/mol. The van der Waals surface area contributed by atoms with E-state index in [-0.39, 0.29) is 5.69 Å². The summed E-state index contributed by atoms with van der Waals surface area (Å²) in [5, 5.41) is 0. The third kappa shape index (κ3) is 2.10. The first-order chi connectivity index (χ1) is 6.79. The van der Waals surface area contributed by atoms with Crippen LogP contribution in [0.15, 0.2) is 29.2 Å². The number of benzene rings is 1. The van der Waals surface area contributed by atoms with Crippen LogP contribution in [0.25, 0.3) is 4.85 Å². The maximum Gasteiger partial charge on any atom is 0.501 e. The van der Waals surface area contributed by atoms with Crippen molar-refractivity contribution in [2.75, 3.05) is 0 Å². The highest BCUT2D eigenvalue weighted by Gasteiger charge is 2.46. The lowest BCUT2D eigenvalue weighted by Crippen LogP contribution is -2.23. The van der Waals surface area contributed by atoms with E-state index < -0.39 is 20.2 Å². The minimum atomic E-state index is -5.35. The van der Waals surface area contributed by atoms with Gasteiger partial charge in [-0.15, -0.1) is 0 Å². The Kier molecular flexibility index (Phi) is 2.73. The van der Waals surface area contributed by atoms with E-state index in [1.807, 2.05) is 0 Å². The monoisotopic (exact) mass is 235 g/mol. The second-order valence-electron chi connectivity index (χ2n) is 2.56. The van der Waals surface area contributed by atoms with Gasteiger partial charge in [0, 0.05) is 0 Å². The highest BCUT2D eigenvalue weighted by molar-refractivity contribution is 7.92. The lowest BCUT2D eigenvalue weighted by Gasteiger charge is -2.07. The van der Waals surface area contributed by atoms with E-state index in [1.54, 1.807) is 0 Å². The van der Waals surface area contributed by atoms with Crippen LogP contribution in [-0.2, 0) is 9.84 Å².